The molecule has 1 fully saturated rings. The van der Waals surface area contributed by atoms with E-state index in [9.17, 15) is 9.90 Å². The Morgan fingerprint density at radius 1 is 0.737 bits per heavy atom. The molecule has 5 nitrogen and oxygen atoms in total. The van der Waals surface area contributed by atoms with Gasteiger partial charge in [-0.1, -0.05) is 121 Å². The van der Waals surface area contributed by atoms with Crippen LogP contribution >= 0.6 is 0 Å². The van der Waals surface area contributed by atoms with Crippen molar-refractivity contribution >= 4 is 16.7 Å². The van der Waals surface area contributed by atoms with Gasteiger partial charge in [-0.2, -0.15) is 0 Å². The molecule has 2 N–H and O–H groups in total. The fourth-order valence-electron chi connectivity index (χ4n) is 5.46. The average molecular weight is 501 g/mol. The summed E-state index contributed by atoms with van der Waals surface area (Å²) in [5, 5.41) is 17.5. The molecule has 1 heterocycles. The number of nitrogens with zero attached hydrogens (tertiary/aromatic N) is 1. The van der Waals surface area contributed by atoms with Crippen LogP contribution in [0.5, 0.6) is 5.75 Å². The number of rotatable bonds is 7. The first kappa shape index (κ1) is 23.9. The predicted molar refractivity (Wildman–Crippen MR) is 148 cm³/mol. The average Bonchev–Trinajstić information content (AvgIpc) is 3.35. The lowest BCUT2D eigenvalue weighted by atomic mass is 9.76. The summed E-state index contributed by atoms with van der Waals surface area (Å²) in [4.78, 5) is 20.4. The molecule has 188 valence electrons. The molecule has 0 saturated carbocycles. The Morgan fingerprint density at radius 2 is 1.26 bits per heavy atom. The summed E-state index contributed by atoms with van der Waals surface area (Å²) in [6.45, 7) is 0.508. The number of hydroxylamine groups is 2. The monoisotopic (exact) mass is 500 g/mol. The fourth-order valence-corrected chi connectivity index (χ4v) is 5.46. The highest BCUT2D eigenvalue weighted by Crippen LogP contribution is 2.44. The maximum Gasteiger partial charge on any atom is 0.267 e. The SMILES string of the molecule is O=C1[C@@H](NCc2c(O)ccc3ccccc23)CON1C(c1ccccc1)(c1ccccc1)c1ccccc1. The lowest BCUT2D eigenvalue weighted by molar-refractivity contribution is -0.183. The van der Waals surface area contributed by atoms with Gasteiger partial charge in [-0.25, -0.2) is 5.06 Å². The number of benzene rings is 5. The Morgan fingerprint density at radius 3 is 1.84 bits per heavy atom. The summed E-state index contributed by atoms with van der Waals surface area (Å²) in [6.07, 6.45) is 0. The van der Waals surface area contributed by atoms with Gasteiger partial charge in [-0.3, -0.25) is 14.9 Å². The van der Waals surface area contributed by atoms with E-state index in [1.165, 1.54) is 5.06 Å². The van der Waals surface area contributed by atoms with E-state index in [0.717, 1.165) is 33.0 Å². The number of nitrogens with one attached hydrogen (secondary N) is 1. The van der Waals surface area contributed by atoms with E-state index >= 15 is 0 Å². The second-order valence-corrected chi connectivity index (χ2v) is 9.45. The van der Waals surface area contributed by atoms with Crippen molar-refractivity contribution in [1.82, 2.24) is 10.4 Å². The number of carbonyl (C=O) groups is 1. The lowest BCUT2D eigenvalue weighted by Gasteiger charge is -2.41. The Labute approximate surface area is 221 Å². The van der Waals surface area contributed by atoms with Crippen molar-refractivity contribution < 1.29 is 14.7 Å². The van der Waals surface area contributed by atoms with E-state index < -0.39 is 11.6 Å². The summed E-state index contributed by atoms with van der Waals surface area (Å²) in [5.41, 5.74) is 2.56. The molecule has 1 atom stereocenters. The van der Waals surface area contributed by atoms with Gasteiger partial charge in [0.2, 0.25) is 0 Å². The minimum absolute atomic E-state index is 0.165. The third-order valence-corrected chi connectivity index (χ3v) is 7.29. The number of hydrogen-bond acceptors (Lipinski definition) is 4. The van der Waals surface area contributed by atoms with E-state index in [1.54, 1.807) is 6.07 Å². The van der Waals surface area contributed by atoms with E-state index in [4.69, 9.17) is 4.84 Å². The number of carbonyl (C=O) groups excluding carboxylic acids is 1. The van der Waals surface area contributed by atoms with Crippen LogP contribution in [0.25, 0.3) is 10.8 Å². The molecule has 1 aliphatic heterocycles. The van der Waals surface area contributed by atoms with Gasteiger partial charge in [-0.15, -0.1) is 0 Å². The second-order valence-electron chi connectivity index (χ2n) is 9.45. The molecule has 0 radical (unpaired) electrons. The highest BCUT2D eigenvalue weighted by atomic mass is 16.7. The van der Waals surface area contributed by atoms with Crippen LogP contribution in [0.1, 0.15) is 22.3 Å². The van der Waals surface area contributed by atoms with E-state index in [1.807, 2.05) is 121 Å². The summed E-state index contributed by atoms with van der Waals surface area (Å²) in [7, 11) is 0. The van der Waals surface area contributed by atoms with Crippen molar-refractivity contribution in [2.75, 3.05) is 6.61 Å². The molecule has 0 bridgehead atoms. The number of phenols is 1. The molecular formula is C33H28N2O3. The zero-order valence-electron chi connectivity index (χ0n) is 20.8. The summed E-state index contributed by atoms with van der Waals surface area (Å²) in [5.74, 6) is 0.0351. The zero-order chi connectivity index (χ0) is 26.0. The highest BCUT2D eigenvalue weighted by molar-refractivity contribution is 5.88. The van der Waals surface area contributed by atoms with Gasteiger partial charge in [0, 0.05) is 12.1 Å². The van der Waals surface area contributed by atoms with Crippen molar-refractivity contribution in [3.63, 3.8) is 0 Å². The van der Waals surface area contributed by atoms with E-state index in [2.05, 4.69) is 5.32 Å². The molecule has 1 amide bonds. The third kappa shape index (κ3) is 4.02. The number of hydrogen-bond donors (Lipinski definition) is 2. The second kappa shape index (κ2) is 10.1. The van der Waals surface area contributed by atoms with E-state index in [-0.39, 0.29) is 18.3 Å². The summed E-state index contributed by atoms with van der Waals surface area (Å²) < 4.78 is 0. The molecule has 1 saturated heterocycles. The van der Waals surface area contributed by atoms with Gasteiger partial charge >= 0.3 is 0 Å². The molecule has 5 heteroatoms. The maximum atomic E-state index is 14.1. The highest BCUT2D eigenvalue weighted by Gasteiger charge is 2.50. The Hall–Kier alpha value is -4.45. The van der Waals surface area contributed by atoms with Crippen LogP contribution in [0.2, 0.25) is 0 Å². The van der Waals surface area contributed by atoms with Crippen LogP contribution in [-0.4, -0.2) is 28.7 Å². The smallest absolute Gasteiger partial charge is 0.267 e. The van der Waals surface area contributed by atoms with Gasteiger partial charge in [0.05, 0.1) is 6.61 Å². The normalized spacial score (nSPS) is 15.7. The van der Waals surface area contributed by atoms with Crippen molar-refractivity contribution in [3.05, 3.63) is 150 Å². The van der Waals surface area contributed by atoms with Gasteiger partial charge in [0.25, 0.3) is 5.91 Å². The Kier molecular flexibility index (Phi) is 6.38. The lowest BCUT2D eigenvalue weighted by Crippen LogP contribution is -2.50. The largest absolute Gasteiger partial charge is 0.508 e. The van der Waals surface area contributed by atoms with Gasteiger partial charge in [0.1, 0.15) is 17.3 Å². The molecule has 38 heavy (non-hydrogen) atoms. The summed E-state index contributed by atoms with van der Waals surface area (Å²) in [6, 6.07) is 40.9. The first-order chi connectivity index (χ1) is 18.7. The first-order valence-electron chi connectivity index (χ1n) is 12.8. The topological polar surface area (TPSA) is 61.8 Å². The van der Waals surface area contributed by atoms with Crippen LogP contribution in [0.3, 0.4) is 0 Å². The van der Waals surface area contributed by atoms with Gasteiger partial charge < -0.3 is 5.11 Å². The minimum atomic E-state index is -0.987. The first-order valence-corrected chi connectivity index (χ1v) is 12.8. The molecule has 1 aliphatic rings. The standard InChI is InChI=1S/C33H28N2O3/c36-31-21-20-24-12-10-11-19-28(24)29(31)22-34-30-23-38-35(32(30)37)33(25-13-4-1-5-14-25,26-15-6-2-7-16-26)27-17-8-3-9-18-27/h1-21,30,34,36H,22-23H2/t30-/m0/s1. The van der Waals surface area contributed by atoms with Crippen molar-refractivity contribution in [2.45, 2.75) is 18.1 Å². The Balaban J connectivity index is 1.40. The van der Waals surface area contributed by atoms with Gasteiger partial charge in [-0.05, 0) is 33.5 Å². The summed E-state index contributed by atoms with van der Waals surface area (Å²) >= 11 is 0. The molecule has 5 aromatic rings. The maximum absolute atomic E-state index is 14.1. The minimum Gasteiger partial charge on any atom is -0.508 e. The van der Waals surface area contributed by atoms with E-state index in [0.29, 0.717) is 6.54 Å². The number of aromatic hydroxyl groups is 1. The van der Waals surface area contributed by atoms with Crippen LogP contribution in [0.15, 0.2) is 127 Å². The zero-order valence-corrected chi connectivity index (χ0v) is 20.8. The molecule has 5 aromatic carbocycles. The van der Waals surface area contributed by atoms with Crippen molar-refractivity contribution in [2.24, 2.45) is 0 Å². The molecule has 0 unspecified atom stereocenters. The quantitative estimate of drug-likeness (QED) is 0.279. The fraction of sp³-hybridized carbons (Fsp3) is 0.121. The van der Waals surface area contributed by atoms with Crippen molar-refractivity contribution in [3.8, 4) is 5.75 Å². The van der Waals surface area contributed by atoms with Crippen LogP contribution in [-0.2, 0) is 21.7 Å². The number of amides is 1. The molecule has 0 aliphatic carbocycles. The number of fused-ring (bicyclic) bond motifs is 1. The van der Waals surface area contributed by atoms with Gasteiger partial charge in [0.15, 0.2) is 0 Å². The number of phenolic OH excluding ortho intramolecular Hbond substituents is 1. The molecule has 6 rings (SSSR count). The predicted octanol–water partition coefficient (Wildman–Crippen LogP) is 5.77. The van der Waals surface area contributed by atoms with Crippen LogP contribution < -0.4 is 5.32 Å². The van der Waals surface area contributed by atoms with Crippen molar-refractivity contribution in [1.29, 1.82) is 0 Å². The molecule has 0 aromatic heterocycles. The van der Waals surface area contributed by atoms with Crippen LogP contribution in [0.4, 0.5) is 0 Å². The third-order valence-electron chi connectivity index (χ3n) is 7.29. The van der Waals surface area contributed by atoms with Crippen LogP contribution in [0, 0.1) is 0 Å². The molecule has 0 spiro atoms. The Bertz CT molecular complexity index is 1460. The molecular weight excluding hydrogens is 472 g/mol.